The number of fused-ring (bicyclic) bond motifs is 2. The Morgan fingerprint density at radius 2 is 1.45 bits per heavy atom. The fourth-order valence-electron chi connectivity index (χ4n) is 3.09. The molecule has 1 heterocycles. The summed E-state index contributed by atoms with van der Waals surface area (Å²) in [5.74, 6) is 1.02. The summed E-state index contributed by atoms with van der Waals surface area (Å²) in [6.07, 6.45) is 0. The van der Waals surface area contributed by atoms with Gasteiger partial charge in [0.15, 0.2) is 11.5 Å². The van der Waals surface area contributed by atoms with Crippen molar-refractivity contribution < 1.29 is 14.3 Å². The third-order valence-electron chi connectivity index (χ3n) is 4.40. The van der Waals surface area contributed by atoms with E-state index in [-0.39, 0.29) is 5.91 Å². The Morgan fingerprint density at radius 1 is 0.793 bits per heavy atom. The van der Waals surface area contributed by atoms with Crippen molar-refractivity contribution in [1.82, 2.24) is 9.97 Å². The highest BCUT2D eigenvalue weighted by atomic mass is 16.5. The molecule has 6 nitrogen and oxygen atoms in total. The van der Waals surface area contributed by atoms with E-state index in [1.54, 1.807) is 30.3 Å². The van der Waals surface area contributed by atoms with Crippen LogP contribution in [0.25, 0.3) is 22.1 Å². The lowest BCUT2D eigenvalue weighted by atomic mass is 10.1. The lowest BCUT2D eigenvalue weighted by Crippen LogP contribution is -2.12. The van der Waals surface area contributed by atoms with Crippen LogP contribution in [0.4, 0.5) is 5.69 Å². The molecule has 29 heavy (non-hydrogen) atoms. The Labute approximate surface area is 168 Å². The second-order valence-corrected chi connectivity index (χ2v) is 6.40. The van der Waals surface area contributed by atoms with Gasteiger partial charge in [-0.1, -0.05) is 12.1 Å². The summed E-state index contributed by atoms with van der Waals surface area (Å²) in [4.78, 5) is 22.0. The first-order valence-corrected chi connectivity index (χ1v) is 9.55. The monoisotopic (exact) mass is 387 g/mol. The van der Waals surface area contributed by atoms with Crippen LogP contribution in [0.1, 0.15) is 24.2 Å². The van der Waals surface area contributed by atoms with Crippen LogP contribution in [0.15, 0.2) is 60.7 Å². The van der Waals surface area contributed by atoms with E-state index in [1.165, 1.54) is 0 Å². The Hall–Kier alpha value is -3.67. The number of benzene rings is 3. The lowest BCUT2D eigenvalue weighted by Gasteiger charge is -2.13. The van der Waals surface area contributed by atoms with E-state index >= 15 is 0 Å². The molecule has 4 rings (SSSR count). The van der Waals surface area contributed by atoms with E-state index in [4.69, 9.17) is 9.47 Å². The summed E-state index contributed by atoms with van der Waals surface area (Å²) in [5, 5.41) is 2.91. The number of anilines is 1. The molecule has 3 aromatic carbocycles. The summed E-state index contributed by atoms with van der Waals surface area (Å²) in [7, 11) is 0. The fraction of sp³-hybridized carbons (Fsp3) is 0.174. The molecule has 1 N–H and O–H groups in total. The molecule has 0 aliphatic rings. The van der Waals surface area contributed by atoms with Crippen molar-refractivity contribution in [1.29, 1.82) is 0 Å². The molecule has 0 fully saturated rings. The van der Waals surface area contributed by atoms with Gasteiger partial charge in [0.1, 0.15) is 0 Å². The molecule has 0 radical (unpaired) electrons. The van der Waals surface area contributed by atoms with Crippen molar-refractivity contribution in [2.75, 3.05) is 18.5 Å². The van der Waals surface area contributed by atoms with Crippen molar-refractivity contribution in [2.24, 2.45) is 0 Å². The van der Waals surface area contributed by atoms with Crippen LogP contribution in [0, 0.1) is 0 Å². The van der Waals surface area contributed by atoms with Crippen LogP contribution in [-0.4, -0.2) is 29.1 Å². The highest BCUT2D eigenvalue weighted by Crippen LogP contribution is 2.31. The zero-order valence-corrected chi connectivity index (χ0v) is 16.3. The maximum absolute atomic E-state index is 12.8. The number of hydrogen-bond donors (Lipinski definition) is 1. The zero-order chi connectivity index (χ0) is 20.2. The predicted molar refractivity (Wildman–Crippen MR) is 114 cm³/mol. The maximum atomic E-state index is 12.8. The highest BCUT2D eigenvalue weighted by Gasteiger charge is 2.12. The van der Waals surface area contributed by atoms with Gasteiger partial charge >= 0.3 is 0 Å². The summed E-state index contributed by atoms with van der Waals surface area (Å²) in [6.45, 7) is 4.87. The van der Waals surface area contributed by atoms with Crippen molar-refractivity contribution >= 4 is 33.7 Å². The molecule has 6 heteroatoms. The number of nitrogens with zero attached hydrogens (tertiary/aromatic N) is 2. The largest absolute Gasteiger partial charge is 0.490 e. The number of amides is 1. The Balaban J connectivity index is 1.61. The third kappa shape index (κ3) is 3.96. The Bertz CT molecular complexity index is 1190. The Kier molecular flexibility index (Phi) is 5.24. The number of carbonyl (C=O) groups is 1. The van der Waals surface area contributed by atoms with Crippen LogP contribution in [0.5, 0.6) is 11.5 Å². The molecular formula is C23H21N3O3. The fourth-order valence-corrected chi connectivity index (χ4v) is 3.09. The molecule has 0 bridgehead atoms. The van der Waals surface area contributed by atoms with Crippen molar-refractivity contribution in [3.05, 3.63) is 66.2 Å². The molecule has 1 aromatic heterocycles. The van der Waals surface area contributed by atoms with Gasteiger partial charge in [-0.25, -0.2) is 9.97 Å². The van der Waals surface area contributed by atoms with Crippen LogP contribution in [0.3, 0.4) is 0 Å². The van der Waals surface area contributed by atoms with E-state index in [0.717, 1.165) is 16.6 Å². The molecule has 1 amide bonds. The first-order valence-electron chi connectivity index (χ1n) is 9.55. The maximum Gasteiger partial charge on any atom is 0.255 e. The van der Waals surface area contributed by atoms with E-state index in [0.29, 0.717) is 41.5 Å². The van der Waals surface area contributed by atoms with E-state index in [2.05, 4.69) is 15.3 Å². The van der Waals surface area contributed by atoms with Crippen LogP contribution < -0.4 is 14.8 Å². The number of carbonyl (C=O) groups excluding carboxylic acids is 1. The SMILES string of the molecule is CCOc1ccc(NC(=O)c2ccc3nc4ccccc4nc3c2)cc1OCC. The van der Waals surface area contributed by atoms with Gasteiger partial charge in [-0.15, -0.1) is 0 Å². The van der Waals surface area contributed by atoms with E-state index < -0.39 is 0 Å². The highest BCUT2D eigenvalue weighted by molar-refractivity contribution is 6.06. The van der Waals surface area contributed by atoms with Gasteiger partial charge < -0.3 is 14.8 Å². The third-order valence-corrected chi connectivity index (χ3v) is 4.40. The molecule has 0 spiro atoms. The number of rotatable bonds is 6. The van der Waals surface area contributed by atoms with Gasteiger partial charge in [-0.05, 0) is 56.3 Å². The quantitative estimate of drug-likeness (QED) is 0.480. The summed E-state index contributed by atoms with van der Waals surface area (Å²) < 4.78 is 11.2. The minimum Gasteiger partial charge on any atom is -0.490 e. The van der Waals surface area contributed by atoms with Gasteiger partial charge in [-0.2, -0.15) is 0 Å². The Morgan fingerprint density at radius 3 is 2.17 bits per heavy atom. The second-order valence-electron chi connectivity index (χ2n) is 6.40. The molecule has 146 valence electrons. The number of nitrogens with one attached hydrogen (secondary N) is 1. The molecular weight excluding hydrogens is 366 g/mol. The van der Waals surface area contributed by atoms with Crippen LogP contribution >= 0.6 is 0 Å². The van der Waals surface area contributed by atoms with E-state index in [9.17, 15) is 4.79 Å². The number of aromatic nitrogens is 2. The molecule has 0 unspecified atom stereocenters. The van der Waals surface area contributed by atoms with Crippen molar-refractivity contribution in [3.8, 4) is 11.5 Å². The van der Waals surface area contributed by atoms with Crippen molar-refractivity contribution in [3.63, 3.8) is 0 Å². The van der Waals surface area contributed by atoms with Crippen molar-refractivity contribution in [2.45, 2.75) is 13.8 Å². The summed E-state index contributed by atoms with van der Waals surface area (Å²) >= 11 is 0. The molecule has 4 aromatic rings. The van der Waals surface area contributed by atoms with Gasteiger partial charge in [0, 0.05) is 17.3 Å². The van der Waals surface area contributed by atoms with Gasteiger partial charge in [0.2, 0.25) is 0 Å². The normalized spacial score (nSPS) is 10.8. The summed E-state index contributed by atoms with van der Waals surface area (Å²) in [6, 6.07) is 18.3. The number of para-hydroxylation sites is 2. The standard InChI is InChI=1S/C23H21N3O3/c1-3-28-21-12-10-16(14-22(21)29-4-2)24-23(27)15-9-11-19-20(13-15)26-18-8-6-5-7-17(18)25-19/h5-14H,3-4H2,1-2H3,(H,24,27). The van der Waals surface area contributed by atoms with Gasteiger partial charge in [-0.3, -0.25) is 4.79 Å². The van der Waals surface area contributed by atoms with Crippen LogP contribution in [-0.2, 0) is 0 Å². The predicted octanol–water partition coefficient (Wildman–Crippen LogP) is 4.83. The lowest BCUT2D eigenvalue weighted by molar-refractivity contribution is 0.102. The van der Waals surface area contributed by atoms with Gasteiger partial charge in [0.25, 0.3) is 5.91 Å². The average molecular weight is 387 g/mol. The van der Waals surface area contributed by atoms with E-state index in [1.807, 2.05) is 44.2 Å². The number of hydrogen-bond acceptors (Lipinski definition) is 5. The van der Waals surface area contributed by atoms with Crippen LogP contribution in [0.2, 0.25) is 0 Å². The second kappa shape index (κ2) is 8.14. The molecule has 0 atom stereocenters. The molecule has 0 aliphatic carbocycles. The summed E-state index contributed by atoms with van der Waals surface area (Å²) in [5.41, 5.74) is 4.19. The number of ether oxygens (including phenoxy) is 2. The zero-order valence-electron chi connectivity index (χ0n) is 16.3. The minimum atomic E-state index is -0.228. The molecule has 0 saturated heterocycles. The topological polar surface area (TPSA) is 73.3 Å². The first kappa shape index (κ1) is 18.7. The first-order chi connectivity index (χ1) is 14.2. The van der Waals surface area contributed by atoms with Gasteiger partial charge in [0.05, 0.1) is 35.3 Å². The minimum absolute atomic E-state index is 0.228. The smallest absolute Gasteiger partial charge is 0.255 e. The average Bonchev–Trinajstić information content (AvgIpc) is 2.74. The molecule has 0 aliphatic heterocycles. The molecule has 0 saturated carbocycles.